The number of rotatable bonds is 5. The van der Waals surface area contributed by atoms with Crippen LogP contribution < -0.4 is 34.9 Å². The van der Waals surface area contributed by atoms with Crippen LogP contribution in [-0.2, 0) is 10.1 Å². The first-order chi connectivity index (χ1) is 6.58. The van der Waals surface area contributed by atoms with Gasteiger partial charge < -0.3 is 9.87 Å². The van der Waals surface area contributed by atoms with Crippen LogP contribution in [-0.4, -0.2) is 25.3 Å². The molecule has 0 unspecified atom stereocenters. The molecule has 6 heteroatoms. The second-order valence-electron chi connectivity index (χ2n) is 2.91. The summed E-state index contributed by atoms with van der Waals surface area (Å²) in [4.78, 5) is 0. The van der Waals surface area contributed by atoms with Crippen LogP contribution in [0.5, 0.6) is 0 Å². The fourth-order valence-corrected chi connectivity index (χ4v) is 1.54. The largest absolute Gasteiger partial charge is 1.00 e. The Morgan fingerprint density at radius 2 is 1.80 bits per heavy atom. The number of para-hydroxylation sites is 1. The summed E-state index contributed by atoms with van der Waals surface area (Å²) in [6.45, 7) is 0.492. The number of benzene rings is 1. The number of nitrogens with one attached hydrogen (secondary N) is 1. The van der Waals surface area contributed by atoms with Crippen LogP contribution in [0, 0.1) is 0 Å². The first-order valence-electron chi connectivity index (χ1n) is 4.30. The average Bonchev–Trinajstić information content (AvgIpc) is 2.13. The van der Waals surface area contributed by atoms with E-state index in [0.29, 0.717) is 13.0 Å². The Morgan fingerprint density at radius 3 is 2.33 bits per heavy atom. The molecule has 0 saturated carbocycles. The molecule has 0 aliphatic rings. The second-order valence-corrected chi connectivity index (χ2v) is 4.43. The maximum absolute atomic E-state index is 10.3. The SMILES string of the molecule is O=S(=O)([O-])CCCNc1ccccc1.[Na+]. The monoisotopic (exact) mass is 237 g/mol. The van der Waals surface area contributed by atoms with Crippen LogP contribution in [0.2, 0.25) is 0 Å². The van der Waals surface area contributed by atoms with Crippen molar-refractivity contribution in [3.8, 4) is 0 Å². The van der Waals surface area contributed by atoms with Crippen molar-refractivity contribution in [1.29, 1.82) is 0 Å². The van der Waals surface area contributed by atoms with Gasteiger partial charge in [0.25, 0.3) is 0 Å². The van der Waals surface area contributed by atoms with E-state index in [2.05, 4.69) is 5.32 Å². The quantitative estimate of drug-likeness (QED) is 0.367. The Kier molecular flexibility index (Phi) is 7.21. The van der Waals surface area contributed by atoms with Crippen molar-refractivity contribution in [2.75, 3.05) is 17.6 Å². The fourth-order valence-electron chi connectivity index (χ4n) is 1.04. The molecule has 1 aromatic carbocycles. The Labute approximate surface area is 112 Å². The van der Waals surface area contributed by atoms with Crippen LogP contribution in [0.25, 0.3) is 0 Å². The molecule has 1 N–H and O–H groups in total. The van der Waals surface area contributed by atoms with Crippen molar-refractivity contribution in [3.05, 3.63) is 30.3 Å². The Hall–Kier alpha value is -0.0700. The summed E-state index contributed by atoms with van der Waals surface area (Å²) in [5, 5.41) is 3.01. The minimum atomic E-state index is -4.07. The van der Waals surface area contributed by atoms with Gasteiger partial charge in [-0.3, -0.25) is 0 Å². The summed E-state index contributed by atoms with van der Waals surface area (Å²) >= 11 is 0. The van der Waals surface area contributed by atoms with E-state index < -0.39 is 10.1 Å². The molecule has 4 nitrogen and oxygen atoms in total. The van der Waals surface area contributed by atoms with Crippen molar-refractivity contribution in [1.82, 2.24) is 0 Å². The molecule has 0 fully saturated rings. The molecule has 15 heavy (non-hydrogen) atoms. The van der Waals surface area contributed by atoms with Crippen LogP contribution in [0.1, 0.15) is 6.42 Å². The topological polar surface area (TPSA) is 69.2 Å². The summed E-state index contributed by atoms with van der Waals surface area (Å²) < 4.78 is 30.8. The molecule has 0 radical (unpaired) electrons. The maximum atomic E-state index is 10.3. The van der Waals surface area contributed by atoms with E-state index in [1.165, 1.54) is 0 Å². The first-order valence-corrected chi connectivity index (χ1v) is 5.88. The normalized spacial score (nSPS) is 10.5. The molecule has 0 amide bonds. The molecule has 0 aliphatic heterocycles. The molecular formula is C9H12NNaO3S. The molecule has 78 valence electrons. The summed E-state index contributed by atoms with van der Waals surface area (Å²) in [5.74, 6) is -0.313. The van der Waals surface area contributed by atoms with E-state index in [-0.39, 0.29) is 35.3 Å². The molecular weight excluding hydrogens is 225 g/mol. The smallest absolute Gasteiger partial charge is 0.748 e. The first kappa shape index (κ1) is 14.9. The second kappa shape index (κ2) is 7.24. The number of hydrogen-bond donors (Lipinski definition) is 1. The van der Waals surface area contributed by atoms with Crippen molar-refractivity contribution in [2.45, 2.75) is 6.42 Å². The minimum Gasteiger partial charge on any atom is -0.748 e. The predicted octanol–water partition coefficient (Wildman–Crippen LogP) is -1.96. The van der Waals surface area contributed by atoms with Crippen LogP contribution in [0.3, 0.4) is 0 Å². The van der Waals surface area contributed by atoms with E-state index in [1.807, 2.05) is 30.3 Å². The Bertz CT molecular complexity index is 366. The molecule has 0 bridgehead atoms. The van der Waals surface area contributed by atoms with Crippen molar-refractivity contribution < 1.29 is 42.5 Å². The zero-order valence-corrected chi connectivity index (χ0v) is 11.5. The van der Waals surface area contributed by atoms with Gasteiger partial charge in [0.15, 0.2) is 0 Å². The van der Waals surface area contributed by atoms with Crippen LogP contribution in [0.15, 0.2) is 30.3 Å². The zero-order valence-electron chi connectivity index (χ0n) is 8.64. The molecule has 1 aromatic rings. The molecule has 1 rings (SSSR count). The van der Waals surface area contributed by atoms with Crippen molar-refractivity contribution >= 4 is 15.8 Å². The summed E-state index contributed by atoms with van der Waals surface area (Å²) in [6, 6.07) is 9.42. The van der Waals surface area contributed by atoms with Gasteiger partial charge in [0.05, 0.1) is 10.1 Å². The molecule has 0 heterocycles. The van der Waals surface area contributed by atoms with Gasteiger partial charge in [-0.25, -0.2) is 8.42 Å². The molecule has 0 aliphatic carbocycles. The van der Waals surface area contributed by atoms with Gasteiger partial charge >= 0.3 is 29.6 Å². The third-order valence-corrected chi connectivity index (χ3v) is 2.46. The molecule has 0 aromatic heterocycles. The third kappa shape index (κ3) is 7.81. The predicted molar refractivity (Wildman–Crippen MR) is 54.1 cm³/mol. The van der Waals surface area contributed by atoms with E-state index in [1.54, 1.807) is 0 Å². The van der Waals surface area contributed by atoms with Crippen molar-refractivity contribution in [3.63, 3.8) is 0 Å². The van der Waals surface area contributed by atoms with Crippen molar-refractivity contribution in [2.24, 2.45) is 0 Å². The van der Waals surface area contributed by atoms with E-state index in [4.69, 9.17) is 0 Å². The number of hydrogen-bond acceptors (Lipinski definition) is 4. The summed E-state index contributed by atoms with van der Waals surface area (Å²) in [6.07, 6.45) is 0.334. The van der Waals surface area contributed by atoms with Crippen LogP contribution >= 0.6 is 0 Å². The zero-order chi connectivity index (χ0) is 10.4. The van der Waals surface area contributed by atoms with Gasteiger partial charge in [0, 0.05) is 18.0 Å². The summed E-state index contributed by atoms with van der Waals surface area (Å²) in [7, 11) is -4.07. The van der Waals surface area contributed by atoms with E-state index in [9.17, 15) is 13.0 Å². The average molecular weight is 237 g/mol. The summed E-state index contributed by atoms with van der Waals surface area (Å²) in [5.41, 5.74) is 0.927. The van der Waals surface area contributed by atoms with Gasteiger partial charge in [-0.15, -0.1) is 0 Å². The van der Waals surface area contributed by atoms with E-state index in [0.717, 1.165) is 5.69 Å². The Balaban J connectivity index is 0.00000196. The van der Waals surface area contributed by atoms with E-state index >= 15 is 0 Å². The fraction of sp³-hybridized carbons (Fsp3) is 0.333. The number of anilines is 1. The standard InChI is InChI=1S/C9H13NO3S.Na/c11-14(12,13)8-4-7-10-9-5-2-1-3-6-9;/h1-3,5-6,10H,4,7-8H2,(H,11,12,13);/q;+1/p-1. The maximum Gasteiger partial charge on any atom is 1.00 e. The van der Waals surface area contributed by atoms with Gasteiger partial charge in [-0.2, -0.15) is 0 Å². The van der Waals surface area contributed by atoms with Gasteiger partial charge in [-0.1, -0.05) is 18.2 Å². The van der Waals surface area contributed by atoms with Gasteiger partial charge in [0.2, 0.25) is 0 Å². The van der Waals surface area contributed by atoms with Crippen LogP contribution in [0.4, 0.5) is 5.69 Å². The molecule has 0 spiro atoms. The third-order valence-electron chi connectivity index (χ3n) is 1.67. The molecule has 0 atom stereocenters. The van der Waals surface area contributed by atoms with Gasteiger partial charge in [-0.05, 0) is 18.6 Å². The minimum absolute atomic E-state index is 0. The van der Waals surface area contributed by atoms with Gasteiger partial charge in [0.1, 0.15) is 0 Å². The molecule has 0 saturated heterocycles. The Morgan fingerprint density at radius 1 is 1.20 bits per heavy atom.